The van der Waals surface area contributed by atoms with Crippen LogP contribution in [0.15, 0.2) is 40.8 Å². The SMILES string of the molecule is CCc1oc(C(=O)NC2CCN(C(=O)c3ccccc3)CC2)cc1C(=O)O. The summed E-state index contributed by atoms with van der Waals surface area (Å²) >= 11 is 0. The standard InChI is InChI=1S/C20H22N2O5/c1-2-16-15(20(25)26)12-17(27-16)18(23)21-14-8-10-22(11-9-14)19(24)13-6-4-3-5-7-13/h3-7,12,14H,2,8-11H2,1H3,(H,21,23)(H,25,26). The average Bonchev–Trinajstić information content (AvgIpc) is 3.14. The molecule has 2 heterocycles. The van der Waals surface area contributed by atoms with Gasteiger partial charge in [-0.15, -0.1) is 0 Å². The van der Waals surface area contributed by atoms with Gasteiger partial charge >= 0.3 is 5.97 Å². The zero-order chi connectivity index (χ0) is 19.4. The van der Waals surface area contributed by atoms with Crippen molar-refractivity contribution in [2.45, 2.75) is 32.2 Å². The highest BCUT2D eigenvalue weighted by Gasteiger charge is 2.26. The molecule has 2 N–H and O–H groups in total. The van der Waals surface area contributed by atoms with E-state index in [0.29, 0.717) is 37.9 Å². The van der Waals surface area contributed by atoms with Crippen molar-refractivity contribution in [2.75, 3.05) is 13.1 Å². The Balaban J connectivity index is 1.57. The minimum atomic E-state index is -1.11. The van der Waals surface area contributed by atoms with Gasteiger partial charge in [0.1, 0.15) is 11.3 Å². The van der Waals surface area contributed by atoms with Gasteiger partial charge in [-0.3, -0.25) is 9.59 Å². The first kappa shape index (κ1) is 18.7. The van der Waals surface area contributed by atoms with E-state index >= 15 is 0 Å². The number of carbonyl (C=O) groups is 3. The molecular formula is C20H22N2O5. The van der Waals surface area contributed by atoms with Crippen LogP contribution in [0.25, 0.3) is 0 Å². The fraction of sp³-hybridized carbons (Fsp3) is 0.350. The smallest absolute Gasteiger partial charge is 0.339 e. The minimum Gasteiger partial charge on any atom is -0.478 e. The van der Waals surface area contributed by atoms with Gasteiger partial charge in [0.2, 0.25) is 0 Å². The number of carboxylic acids is 1. The molecule has 0 bridgehead atoms. The second kappa shape index (κ2) is 8.07. The van der Waals surface area contributed by atoms with Crippen LogP contribution in [0.3, 0.4) is 0 Å². The van der Waals surface area contributed by atoms with E-state index in [9.17, 15) is 14.4 Å². The third kappa shape index (κ3) is 4.19. The molecule has 7 nitrogen and oxygen atoms in total. The van der Waals surface area contributed by atoms with E-state index in [2.05, 4.69) is 5.32 Å². The summed E-state index contributed by atoms with van der Waals surface area (Å²) in [7, 11) is 0. The van der Waals surface area contributed by atoms with Crippen molar-refractivity contribution < 1.29 is 23.9 Å². The molecule has 2 amide bonds. The van der Waals surface area contributed by atoms with Crippen molar-refractivity contribution in [3.8, 4) is 0 Å². The molecule has 142 valence electrons. The highest BCUT2D eigenvalue weighted by Crippen LogP contribution is 2.18. The highest BCUT2D eigenvalue weighted by atomic mass is 16.4. The number of piperidine rings is 1. The number of hydrogen-bond acceptors (Lipinski definition) is 4. The van der Waals surface area contributed by atoms with Crippen LogP contribution in [0.5, 0.6) is 0 Å². The Morgan fingerprint density at radius 2 is 1.85 bits per heavy atom. The van der Waals surface area contributed by atoms with Crippen LogP contribution in [0.2, 0.25) is 0 Å². The lowest BCUT2D eigenvalue weighted by molar-refractivity contribution is 0.0683. The summed E-state index contributed by atoms with van der Waals surface area (Å²) in [5.74, 6) is -1.25. The molecule has 3 rings (SSSR count). The number of hydrogen-bond donors (Lipinski definition) is 2. The lowest BCUT2D eigenvalue weighted by Crippen LogP contribution is -2.46. The van der Waals surface area contributed by atoms with Gasteiger partial charge in [-0.25, -0.2) is 4.79 Å². The van der Waals surface area contributed by atoms with E-state index in [1.165, 1.54) is 6.07 Å². The van der Waals surface area contributed by atoms with Gasteiger partial charge in [0.05, 0.1) is 0 Å². The van der Waals surface area contributed by atoms with Gasteiger partial charge in [-0.2, -0.15) is 0 Å². The van der Waals surface area contributed by atoms with Crippen LogP contribution < -0.4 is 5.32 Å². The van der Waals surface area contributed by atoms with Gasteiger partial charge in [0, 0.05) is 37.2 Å². The Labute approximate surface area is 157 Å². The number of aryl methyl sites for hydroxylation is 1. The fourth-order valence-electron chi connectivity index (χ4n) is 3.23. The molecule has 7 heteroatoms. The maximum Gasteiger partial charge on any atom is 0.339 e. The van der Waals surface area contributed by atoms with E-state index < -0.39 is 11.9 Å². The number of nitrogens with zero attached hydrogens (tertiary/aromatic N) is 1. The minimum absolute atomic E-state index is 0.00652. The van der Waals surface area contributed by atoms with Crippen molar-refractivity contribution in [3.05, 3.63) is 59.0 Å². The number of benzene rings is 1. The summed E-state index contributed by atoms with van der Waals surface area (Å²) in [6.07, 6.45) is 1.67. The molecule has 1 saturated heterocycles. The van der Waals surface area contributed by atoms with E-state index in [1.807, 2.05) is 18.2 Å². The number of carbonyl (C=O) groups excluding carboxylic acids is 2. The highest BCUT2D eigenvalue weighted by molar-refractivity contribution is 5.96. The van der Waals surface area contributed by atoms with E-state index in [0.717, 1.165) is 0 Å². The number of rotatable bonds is 5. The van der Waals surface area contributed by atoms with Crippen molar-refractivity contribution in [3.63, 3.8) is 0 Å². The third-order valence-electron chi connectivity index (χ3n) is 4.72. The van der Waals surface area contributed by atoms with Crippen LogP contribution in [0, 0.1) is 0 Å². The number of carboxylic acid groups (broad SMARTS) is 1. The molecule has 1 aliphatic rings. The molecule has 0 spiro atoms. The first-order chi connectivity index (χ1) is 13.0. The second-order valence-corrected chi connectivity index (χ2v) is 6.51. The van der Waals surface area contributed by atoms with E-state index in [1.54, 1.807) is 24.0 Å². The van der Waals surface area contributed by atoms with Gasteiger partial charge in [0.25, 0.3) is 11.8 Å². The number of furan rings is 1. The molecule has 0 radical (unpaired) electrons. The monoisotopic (exact) mass is 370 g/mol. The normalized spacial score (nSPS) is 14.8. The second-order valence-electron chi connectivity index (χ2n) is 6.51. The Bertz CT molecular complexity index is 835. The van der Waals surface area contributed by atoms with E-state index in [4.69, 9.17) is 9.52 Å². The number of aromatic carboxylic acids is 1. The predicted molar refractivity (Wildman–Crippen MR) is 97.9 cm³/mol. The Morgan fingerprint density at radius 3 is 2.41 bits per heavy atom. The molecule has 0 saturated carbocycles. The van der Waals surface area contributed by atoms with Crippen molar-refractivity contribution in [2.24, 2.45) is 0 Å². The lowest BCUT2D eigenvalue weighted by atomic mass is 10.0. The van der Waals surface area contributed by atoms with Gasteiger partial charge in [0.15, 0.2) is 5.76 Å². The van der Waals surface area contributed by atoms with Crippen LogP contribution in [0.1, 0.15) is 56.8 Å². The Kier molecular flexibility index (Phi) is 5.59. The van der Waals surface area contributed by atoms with Crippen molar-refractivity contribution in [1.82, 2.24) is 10.2 Å². The summed E-state index contributed by atoms with van der Waals surface area (Å²) in [5.41, 5.74) is 0.676. The zero-order valence-electron chi connectivity index (χ0n) is 15.1. The topological polar surface area (TPSA) is 99.9 Å². The number of likely N-dealkylation sites (tertiary alicyclic amines) is 1. The molecule has 0 atom stereocenters. The summed E-state index contributed by atoms with van der Waals surface area (Å²) in [6.45, 7) is 2.88. The van der Waals surface area contributed by atoms with E-state index in [-0.39, 0.29) is 29.0 Å². The Hall–Kier alpha value is -3.09. The molecule has 1 fully saturated rings. The van der Waals surface area contributed by atoms with Gasteiger partial charge in [-0.1, -0.05) is 25.1 Å². The first-order valence-electron chi connectivity index (χ1n) is 9.00. The van der Waals surface area contributed by atoms with Crippen molar-refractivity contribution >= 4 is 17.8 Å². The maximum absolute atomic E-state index is 12.5. The van der Waals surface area contributed by atoms with Gasteiger partial charge < -0.3 is 19.7 Å². The Morgan fingerprint density at radius 1 is 1.19 bits per heavy atom. The lowest BCUT2D eigenvalue weighted by Gasteiger charge is -2.32. The summed E-state index contributed by atoms with van der Waals surface area (Å²) in [6, 6.07) is 10.3. The fourth-order valence-corrected chi connectivity index (χ4v) is 3.23. The molecule has 2 aromatic rings. The van der Waals surface area contributed by atoms with Crippen LogP contribution in [0.4, 0.5) is 0 Å². The maximum atomic E-state index is 12.5. The molecule has 1 aromatic heterocycles. The van der Waals surface area contributed by atoms with Crippen LogP contribution in [-0.2, 0) is 6.42 Å². The number of nitrogens with one attached hydrogen (secondary N) is 1. The third-order valence-corrected chi connectivity index (χ3v) is 4.72. The molecule has 1 aliphatic heterocycles. The zero-order valence-corrected chi connectivity index (χ0v) is 15.1. The average molecular weight is 370 g/mol. The molecule has 27 heavy (non-hydrogen) atoms. The van der Waals surface area contributed by atoms with Gasteiger partial charge in [-0.05, 0) is 25.0 Å². The van der Waals surface area contributed by atoms with Crippen molar-refractivity contribution in [1.29, 1.82) is 0 Å². The quantitative estimate of drug-likeness (QED) is 0.843. The summed E-state index contributed by atoms with van der Waals surface area (Å²) < 4.78 is 5.39. The molecule has 0 aliphatic carbocycles. The first-order valence-corrected chi connectivity index (χ1v) is 9.00. The molecule has 0 unspecified atom stereocenters. The molecular weight excluding hydrogens is 348 g/mol. The summed E-state index contributed by atoms with van der Waals surface area (Å²) in [5, 5.41) is 12.0. The van der Waals surface area contributed by atoms with Crippen LogP contribution >= 0.6 is 0 Å². The van der Waals surface area contributed by atoms with Crippen LogP contribution in [-0.4, -0.2) is 46.9 Å². The largest absolute Gasteiger partial charge is 0.478 e. The molecule has 1 aromatic carbocycles. The predicted octanol–water partition coefficient (Wildman–Crippen LogP) is 2.57. The number of amides is 2. The summed E-state index contributed by atoms with van der Waals surface area (Å²) in [4.78, 5) is 37.8.